The van der Waals surface area contributed by atoms with E-state index in [9.17, 15) is 13.5 Å². The first-order chi connectivity index (χ1) is 14.4. The highest BCUT2D eigenvalue weighted by molar-refractivity contribution is 7.88. The molecular formula is C20H28N2O4S2. The Bertz CT molecular complexity index is 981. The van der Waals surface area contributed by atoms with Gasteiger partial charge in [0, 0.05) is 30.4 Å². The maximum atomic E-state index is 13.0. The summed E-state index contributed by atoms with van der Waals surface area (Å²) in [7, 11) is -2.38. The molecule has 2 heterocycles. The van der Waals surface area contributed by atoms with Gasteiger partial charge in [-0.2, -0.15) is 0 Å². The lowest BCUT2D eigenvalue weighted by molar-refractivity contribution is -0.0698. The van der Waals surface area contributed by atoms with E-state index in [0.29, 0.717) is 12.1 Å². The molecule has 2 unspecified atom stereocenters. The Labute approximate surface area is 175 Å². The zero-order chi connectivity index (χ0) is 22.9. The quantitative estimate of drug-likeness (QED) is 0.735. The summed E-state index contributed by atoms with van der Waals surface area (Å²) in [5, 5.41) is 13.5. The molecular weight excluding hydrogens is 396 g/mol. The predicted molar refractivity (Wildman–Crippen MR) is 112 cm³/mol. The van der Waals surface area contributed by atoms with E-state index in [0.717, 1.165) is 4.88 Å². The van der Waals surface area contributed by atoms with Crippen LogP contribution >= 0.6 is 11.3 Å². The van der Waals surface area contributed by atoms with Crippen LogP contribution < -0.4 is 4.74 Å². The van der Waals surface area contributed by atoms with Gasteiger partial charge >= 0.3 is 0 Å². The molecule has 1 N–H and O–H groups in total. The lowest BCUT2D eigenvalue weighted by Gasteiger charge is -2.45. The Balaban J connectivity index is 1.87. The van der Waals surface area contributed by atoms with Gasteiger partial charge in [0.15, 0.2) is 0 Å². The highest BCUT2D eigenvalue weighted by atomic mass is 32.2. The number of rotatable bonds is 7. The summed E-state index contributed by atoms with van der Waals surface area (Å²) in [5.41, 5.74) is -0.788. The van der Waals surface area contributed by atoms with Crippen molar-refractivity contribution in [2.45, 2.75) is 17.8 Å². The van der Waals surface area contributed by atoms with Crippen LogP contribution in [0, 0.1) is 5.92 Å². The second-order valence-electron chi connectivity index (χ2n) is 7.46. The molecule has 0 aliphatic carbocycles. The van der Waals surface area contributed by atoms with Crippen LogP contribution in [0.15, 0.2) is 41.8 Å². The number of piperidine rings is 1. The molecule has 0 radical (unpaired) electrons. The molecule has 2 aromatic rings. The van der Waals surface area contributed by atoms with E-state index in [1.165, 1.54) is 27.8 Å². The third-order valence-electron chi connectivity index (χ3n) is 5.18. The summed E-state index contributed by atoms with van der Waals surface area (Å²) in [5.74, 6) is -0.320. The van der Waals surface area contributed by atoms with Crippen molar-refractivity contribution in [3.05, 3.63) is 52.2 Å². The van der Waals surface area contributed by atoms with Gasteiger partial charge in [-0.05, 0) is 49.7 Å². The number of sulfonamides is 1. The fourth-order valence-corrected chi connectivity index (χ4v) is 6.39. The summed E-state index contributed by atoms with van der Waals surface area (Å²) in [6.45, 7) is 0.817. The third kappa shape index (κ3) is 4.58. The van der Waals surface area contributed by atoms with Crippen LogP contribution in [0.1, 0.15) is 21.0 Å². The Morgan fingerprint density at radius 1 is 1.39 bits per heavy atom. The van der Waals surface area contributed by atoms with Gasteiger partial charge in [-0.25, -0.2) is 12.7 Å². The van der Waals surface area contributed by atoms with Gasteiger partial charge < -0.3 is 14.7 Å². The van der Waals surface area contributed by atoms with Crippen LogP contribution in [0.2, 0.25) is 0 Å². The summed E-state index contributed by atoms with van der Waals surface area (Å²) in [6, 6.07) is 10.1. The second kappa shape index (κ2) is 8.51. The van der Waals surface area contributed by atoms with Crippen molar-refractivity contribution in [1.29, 1.82) is 0 Å². The van der Waals surface area contributed by atoms with Crippen LogP contribution in [0.3, 0.4) is 0 Å². The van der Waals surface area contributed by atoms with Crippen molar-refractivity contribution >= 4 is 21.4 Å². The largest absolute Gasteiger partial charge is 0.497 e. The van der Waals surface area contributed by atoms with Crippen LogP contribution in [-0.2, 0) is 21.4 Å². The van der Waals surface area contributed by atoms with E-state index in [1.54, 1.807) is 18.2 Å². The van der Waals surface area contributed by atoms with Crippen LogP contribution in [0.5, 0.6) is 5.75 Å². The van der Waals surface area contributed by atoms with Crippen LogP contribution in [-0.4, -0.2) is 63.5 Å². The van der Waals surface area contributed by atoms with E-state index < -0.39 is 28.6 Å². The molecule has 0 spiro atoms. The van der Waals surface area contributed by atoms with E-state index in [-0.39, 0.29) is 31.0 Å². The topological polar surface area (TPSA) is 70.1 Å². The molecule has 0 amide bonds. The number of ether oxygens (including phenoxy) is 1. The normalized spacial score (nSPS) is 25.9. The minimum absolute atomic E-state index is 0.0559. The zero-order valence-electron chi connectivity index (χ0n) is 19.0. The molecule has 1 aliphatic heterocycles. The Kier molecular flexibility index (Phi) is 5.29. The SMILES string of the molecule is [2H]C([2H])([2H])Oc1cccc(C2(O)CCN(S(=O)(=O)Cc3cccs3)CC2CN(C)C)c1. The molecule has 0 bridgehead atoms. The molecule has 1 saturated heterocycles. The van der Waals surface area contributed by atoms with Crippen LogP contribution in [0.25, 0.3) is 0 Å². The fraction of sp³-hybridized carbons (Fsp3) is 0.500. The number of aliphatic hydroxyl groups is 1. The standard InChI is InChI=1S/C20H28N2O4S2/c1-21(2)13-17-14-22(28(24,25)15-19-8-5-11-27-19)10-9-20(17,23)16-6-4-7-18(12-16)26-3/h4-8,11-12,17,23H,9-10,13-15H2,1-3H3/i3D3. The van der Waals surface area contributed by atoms with E-state index in [1.807, 2.05) is 30.4 Å². The molecule has 3 rings (SSSR count). The average Bonchev–Trinajstić information content (AvgIpc) is 3.14. The van der Waals surface area contributed by atoms with Gasteiger partial charge in [0.25, 0.3) is 0 Å². The minimum atomic E-state index is -3.52. The van der Waals surface area contributed by atoms with Gasteiger partial charge in [0.2, 0.25) is 10.0 Å². The molecule has 28 heavy (non-hydrogen) atoms. The number of nitrogens with zero attached hydrogens (tertiary/aromatic N) is 2. The zero-order valence-corrected chi connectivity index (χ0v) is 17.7. The number of hydrogen-bond acceptors (Lipinski definition) is 6. The maximum Gasteiger partial charge on any atom is 0.219 e. The first kappa shape index (κ1) is 17.4. The average molecular weight is 428 g/mol. The van der Waals surface area contributed by atoms with Crippen molar-refractivity contribution < 1.29 is 22.4 Å². The smallest absolute Gasteiger partial charge is 0.219 e. The number of benzene rings is 1. The molecule has 8 heteroatoms. The summed E-state index contributed by atoms with van der Waals surface area (Å²) >= 11 is 1.40. The van der Waals surface area contributed by atoms with Gasteiger partial charge in [-0.1, -0.05) is 18.2 Å². The first-order valence-electron chi connectivity index (χ1n) is 10.6. The van der Waals surface area contributed by atoms with Gasteiger partial charge in [0.05, 0.1) is 22.5 Å². The predicted octanol–water partition coefficient (Wildman–Crippen LogP) is 2.36. The third-order valence-corrected chi connectivity index (χ3v) is 8.03. The Morgan fingerprint density at radius 2 is 2.21 bits per heavy atom. The lowest BCUT2D eigenvalue weighted by atomic mass is 9.76. The lowest BCUT2D eigenvalue weighted by Crippen LogP contribution is -2.54. The molecule has 154 valence electrons. The Morgan fingerprint density at radius 3 is 2.89 bits per heavy atom. The monoisotopic (exact) mass is 427 g/mol. The molecule has 1 aromatic heterocycles. The Hall–Kier alpha value is -1.45. The van der Waals surface area contributed by atoms with Crippen molar-refractivity contribution in [2.75, 3.05) is 40.8 Å². The molecule has 1 fully saturated rings. The highest BCUT2D eigenvalue weighted by Crippen LogP contribution is 2.40. The van der Waals surface area contributed by atoms with E-state index in [4.69, 9.17) is 8.85 Å². The summed E-state index contributed by atoms with van der Waals surface area (Å²) < 4.78 is 54.4. The number of hydrogen-bond donors (Lipinski definition) is 1. The number of methoxy groups -OCH3 is 1. The van der Waals surface area contributed by atoms with Crippen molar-refractivity contribution in [3.8, 4) is 5.75 Å². The van der Waals surface area contributed by atoms with Crippen molar-refractivity contribution in [1.82, 2.24) is 9.21 Å². The van der Waals surface area contributed by atoms with Crippen LogP contribution in [0.4, 0.5) is 0 Å². The first-order valence-corrected chi connectivity index (χ1v) is 11.5. The molecule has 1 aromatic carbocycles. The summed E-state index contributed by atoms with van der Waals surface area (Å²) in [4.78, 5) is 2.69. The summed E-state index contributed by atoms with van der Waals surface area (Å²) in [6.07, 6.45) is 0.201. The van der Waals surface area contributed by atoms with Gasteiger partial charge in [-0.3, -0.25) is 0 Å². The molecule has 2 atom stereocenters. The van der Waals surface area contributed by atoms with Gasteiger partial charge in [0.1, 0.15) is 5.75 Å². The molecule has 0 saturated carbocycles. The maximum absolute atomic E-state index is 13.0. The van der Waals surface area contributed by atoms with Crippen molar-refractivity contribution in [3.63, 3.8) is 0 Å². The molecule has 6 nitrogen and oxygen atoms in total. The minimum Gasteiger partial charge on any atom is -0.497 e. The second-order valence-corrected chi connectivity index (χ2v) is 10.5. The van der Waals surface area contributed by atoms with E-state index in [2.05, 4.69) is 0 Å². The van der Waals surface area contributed by atoms with E-state index >= 15 is 0 Å². The van der Waals surface area contributed by atoms with Crippen molar-refractivity contribution in [2.24, 2.45) is 5.92 Å². The highest BCUT2D eigenvalue weighted by Gasteiger charge is 2.45. The fourth-order valence-electron chi connectivity index (χ4n) is 3.76. The van der Waals surface area contributed by atoms with Gasteiger partial charge in [-0.15, -0.1) is 11.3 Å². The number of thiophene rings is 1. The molecule has 1 aliphatic rings.